The lowest BCUT2D eigenvalue weighted by molar-refractivity contribution is -0.108. The molecule has 2 aromatic rings. The van der Waals surface area contributed by atoms with Crippen molar-refractivity contribution < 1.29 is 18.0 Å². The summed E-state index contributed by atoms with van der Waals surface area (Å²) in [5.74, 6) is 0. The summed E-state index contributed by atoms with van der Waals surface area (Å²) in [4.78, 5) is 24.9. The van der Waals surface area contributed by atoms with Gasteiger partial charge in [0.2, 0.25) is 12.8 Å². The van der Waals surface area contributed by atoms with Crippen LogP contribution in [-0.4, -0.2) is 34.3 Å². The summed E-state index contributed by atoms with van der Waals surface area (Å²) in [6.45, 7) is 1.53. The molecule has 2 heterocycles. The van der Waals surface area contributed by atoms with Crippen molar-refractivity contribution in [3.05, 3.63) is 53.6 Å². The van der Waals surface area contributed by atoms with E-state index in [1.165, 1.54) is 17.7 Å². The van der Waals surface area contributed by atoms with Gasteiger partial charge in [0.1, 0.15) is 0 Å². The van der Waals surface area contributed by atoms with Gasteiger partial charge in [0, 0.05) is 35.1 Å². The fourth-order valence-electron chi connectivity index (χ4n) is 3.54. The van der Waals surface area contributed by atoms with Crippen molar-refractivity contribution in [2.24, 2.45) is 0 Å². The van der Waals surface area contributed by atoms with Crippen molar-refractivity contribution in [3.8, 4) is 0 Å². The van der Waals surface area contributed by atoms with Crippen molar-refractivity contribution in [2.45, 2.75) is 30.6 Å². The highest BCUT2D eigenvalue weighted by Crippen LogP contribution is 2.29. The molecular weight excluding hydrogens is 400 g/mol. The number of halogens is 1. The normalized spacial score (nSPS) is 15.6. The Hall–Kier alpha value is -2.38. The maximum absolute atomic E-state index is 11.2. The molecular formula is C20H21ClN2O4S. The van der Waals surface area contributed by atoms with Gasteiger partial charge in [-0.25, -0.2) is 8.42 Å². The quantitative estimate of drug-likeness (QED) is 0.564. The molecule has 2 aliphatic heterocycles. The Kier molecular flexibility index (Phi) is 6.36. The first-order valence-corrected chi connectivity index (χ1v) is 11.3. The second-order valence-electron chi connectivity index (χ2n) is 6.66. The van der Waals surface area contributed by atoms with Crippen LogP contribution in [-0.2, 0) is 31.5 Å². The molecule has 0 unspecified atom stereocenters. The average Bonchev–Trinajstić information content (AvgIpc) is 2.72. The Morgan fingerprint density at radius 3 is 2.00 bits per heavy atom. The van der Waals surface area contributed by atoms with Crippen molar-refractivity contribution >= 4 is 43.9 Å². The number of para-hydroxylation sites is 1. The van der Waals surface area contributed by atoms with E-state index >= 15 is 0 Å². The predicted octanol–water partition coefficient (Wildman–Crippen LogP) is 3.12. The summed E-state index contributed by atoms with van der Waals surface area (Å²) >= 11 is 0. The minimum absolute atomic E-state index is 0.0839. The van der Waals surface area contributed by atoms with Gasteiger partial charge in [-0.05, 0) is 61.1 Å². The summed E-state index contributed by atoms with van der Waals surface area (Å²) in [6.07, 6.45) is 5.44. The summed E-state index contributed by atoms with van der Waals surface area (Å²) < 4.78 is 22.3. The highest BCUT2D eigenvalue weighted by Gasteiger charge is 2.19. The molecule has 0 aromatic heterocycles. The molecule has 0 bridgehead atoms. The number of carbonyl (C=O) groups is 2. The predicted molar refractivity (Wildman–Crippen MR) is 109 cm³/mol. The second kappa shape index (κ2) is 8.75. The molecule has 0 spiro atoms. The Morgan fingerprint density at radius 2 is 1.39 bits per heavy atom. The highest BCUT2D eigenvalue weighted by atomic mass is 35.7. The summed E-state index contributed by atoms with van der Waals surface area (Å²) in [5, 5.41) is 0. The number of amides is 2. The maximum Gasteiger partial charge on any atom is 0.261 e. The monoisotopic (exact) mass is 420 g/mol. The highest BCUT2D eigenvalue weighted by molar-refractivity contribution is 8.13. The molecule has 2 amide bonds. The van der Waals surface area contributed by atoms with Crippen molar-refractivity contribution in [2.75, 3.05) is 22.9 Å². The summed E-state index contributed by atoms with van der Waals surface area (Å²) in [5.41, 5.74) is 3.99. The van der Waals surface area contributed by atoms with Crippen molar-refractivity contribution in [3.63, 3.8) is 0 Å². The molecule has 0 atom stereocenters. The third-order valence-corrected chi connectivity index (χ3v) is 6.24. The first-order chi connectivity index (χ1) is 13.4. The number of rotatable bonds is 3. The smallest absolute Gasteiger partial charge is 0.261 e. The Bertz CT molecular complexity index is 978. The van der Waals surface area contributed by atoms with E-state index in [1.807, 2.05) is 18.2 Å². The SMILES string of the molecule is O=CN1CCCc2cc(S(=O)(=O)Cl)ccc21.O=CN1CCCc2ccccc21. The van der Waals surface area contributed by atoms with Crippen LogP contribution in [0.3, 0.4) is 0 Å². The largest absolute Gasteiger partial charge is 0.315 e. The number of hydrogen-bond acceptors (Lipinski definition) is 4. The van der Waals surface area contributed by atoms with Crippen LogP contribution in [0, 0.1) is 0 Å². The lowest BCUT2D eigenvalue weighted by atomic mass is 10.0. The molecule has 6 nitrogen and oxygen atoms in total. The maximum atomic E-state index is 11.2. The molecule has 0 fully saturated rings. The third kappa shape index (κ3) is 4.54. The second-order valence-corrected chi connectivity index (χ2v) is 9.23. The molecule has 0 radical (unpaired) electrons. The number of anilines is 2. The van der Waals surface area contributed by atoms with Gasteiger partial charge in [0.05, 0.1) is 4.90 Å². The summed E-state index contributed by atoms with van der Waals surface area (Å²) in [6, 6.07) is 12.7. The lowest BCUT2D eigenvalue weighted by Gasteiger charge is -2.25. The number of hydrogen-bond donors (Lipinski definition) is 0. The first kappa shape index (κ1) is 20.4. The van der Waals surface area contributed by atoms with E-state index in [4.69, 9.17) is 10.7 Å². The Morgan fingerprint density at radius 1 is 0.821 bits per heavy atom. The van der Waals surface area contributed by atoms with Crippen LogP contribution in [0.25, 0.3) is 0 Å². The molecule has 0 saturated heterocycles. The molecule has 148 valence electrons. The van der Waals surface area contributed by atoms with Gasteiger partial charge in [-0.1, -0.05) is 18.2 Å². The van der Waals surface area contributed by atoms with E-state index in [0.717, 1.165) is 62.0 Å². The molecule has 2 aromatic carbocycles. The topological polar surface area (TPSA) is 74.8 Å². The zero-order valence-corrected chi connectivity index (χ0v) is 16.8. The molecule has 4 rings (SSSR count). The number of aryl methyl sites for hydroxylation is 2. The fraction of sp³-hybridized carbons (Fsp3) is 0.300. The Balaban J connectivity index is 0.000000167. The molecule has 8 heteroatoms. The van der Waals surface area contributed by atoms with Crippen LogP contribution in [0.2, 0.25) is 0 Å². The van der Waals surface area contributed by atoms with Gasteiger partial charge in [-0.15, -0.1) is 0 Å². The van der Waals surface area contributed by atoms with Crippen molar-refractivity contribution in [1.29, 1.82) is 0 Å². The Labute approximate surface area is 169 Å². The van der Waals surface area contributed by atoms with Crippen LogP contribution in [0.5, 0.6) is 0 Å². The van der Waals surface area contributed by atoms with Gasteiger partial charge in [0.15, 0.2) is 0 Å². The minimum Gasteiger partial charge on any atom is -0.315 e. The van der Waals surface area contributed by atoms with E-state index in [1.54, 1.807) is 15.9 Å². The third-order valence-electron chi connectivity index (χ3n) is 4.89. The van der Waals surface area contributed by atoms with Gasteiger partial charge >= 0.3 is 0 Å². The van der Waals surface area contributed by atoms with Crippen LogP contribution in [0.15, 0.2) is 47.4 Å². The van der Waals surface area contributed by atoms with Crippen LogP contribution in [0.1, 0.15) is 24.0 Å². The van der Waals surface area contributed by atoms with Gasteiger partial charge in [0.25, 0.3) is 9.05 Å². The summed E-state index contributed by atoms with van der Waals surface area (Å²) in [7, 11) is 1.57. The number of carbonyl (C=O) groups excluding carboxylic acids is 2. The van der Waals surface area contributed by atoms with E-state index in [-0.39, 0.29) is 4.90 Å². The van der Waals surface area contributed by atoms with Crippen LogP contribution < -0.4 is 9.80 Å². The standard InChI is InChI=1S/C10H10ClNO3S.C10H11NO/c11-16(14,15)9-3-4-10-8(6-9)2-1-5-12(10)7-13;12-8-11-7-3-5-9-4-1-2-6-10(9)11/h3-4,6-7H,1-2,5H2;1-2,4,6,8H,3,5,7H2. The number of nitrogens with zero attached hydrogens (tertiary/aromatic N) is 2. The number of benzene rings is 2. The van der Waals surface area contributed by atoms with Crippen LogP contribution >= 0.6 is 10.7 Å². The van der Waals surface area contributed by atoms with Crippen LogP contribution in [0.4, 0.5) is 11.4 Å². The number of fused-ring (bicyclic) bond motifs is 2. The fourth-order valence-corrected chi connectivity index (χ4v) is 4.34. The van der Waals surface area contributed by atoms with E-state index in [9.17, 15) is 18.0 Å². The van der Waals surface area contributed by atoms with E-state index in [0.29, 0.717) is 6.54 Å². The molecule has 0 N–H and O–H groups in total. The zero-order chi connectivity index (χ0) is 20.1. The lowest BCUT2D eigenvalue weighted by Crippen LogP contribution is -2.27. The van der Waals surface area contributed by atoms with Gasteiger partial charge in [-0.3, -0.25) is 9.59 Å². The van der Waals surface area contributed by atoms with E-state index < -0.39 is 9.05 Å². The van der Waals surface area contributed by atoms with Gasteiger partial charge in [-0.2, -0.15) is 0 Å². The molecule has 0 aliphatic carbocycles. The molecule has 2 aliphatic rings. The molecule has 28 heavy (non-hydrogen) atoms. The molecule has 0 saturated carbocycles. The average molecular weight is 421 g/mol. The van der Waals surface area contributed by atoms with Gasteiger partial charge < -0.3 is 9.80 Å². The minimum atomic E-state index is -3.70. The first-order valence-electron chi connectivity index (χ1n) is 9.03. The zero-order valence-electron chi connectivity index (χ0n) is 15.3. The van der Waals surface area contributed by atoms with Crippen molar-refractivity contribution in [1.82, 2.24) is 0 Å². The van der Waals surface area contributed by atoms with E-state index in [2.05, 4.69) is 6.07 Å².